The highest BCUT2D eigenvalue weighted by molar-refractivity contribution is 7.98. The molecule has 0 N–H and O–H groups in total. The molecule has 0 saturated heterocycles. The van der Waals surface area contributed by atoms with Crippen molar-refractivity contribution in [1.82, 2.24) is 0 Å². The highest BCUT2D eigenvalue weighted by atomic mass is 32.2. The molecule has 0 aliphatic carbocycles. The van der Waals surface area contributed by atoms with Crippen LogP contribution in [0.5, 0.6) is 5.75 Å². The van der Waals surface area contributed by atoms with Crippen LogP contribution in [0.1, 0.15) is 25.3 Å². The van der Waals surface area contributed by atoms with Gasteiger partial charge in [-0.1, -0.05) is 61.9 Å². The van der Waals surface area contributed by atoms with Crippen LogP contribution in [0.4, 0.5) is 5.69 Å². The first-order valence-corrected chi connectivity index (χ1v) is 15.1. The van der Waals surface area contributed by atoms with E-state index in [-0.39, 0.29) is 10.6 Å². The molecule has 198 valence electrons. The molecule has 0 radical (unpaired) electrons. The number of aliphatic carboxylic acids is 1. The van der Waals surface area contributed by atoms with Crippen LogP contribution in [0.25, 0.3) is 21.9 Å². The van der Waals surface area contributed by atoms with Crippen LogP contribution in [-0.2, 0) is 14.8 Å². The molecular formula is C30H30NO5S2-. The van der Waals surface area contributed by atoms with Crippen LogP contribution in [0.2, 0.25) is 0 Å². The van der Waals surface area contributed by atoms with Gasteiger partial charge >= 0.3 is 0 Å². The second-order valence-corrected chi connectivity index (χ2v) is 11.6. The predicted octanol–water partition coefficient (Wildman–Crippen LogP) is 5.66. The van der Waals surface area contributed by atoms with Crippen molar-refractivity contribution in [1.29, 1.82) is 0 Å². The van der Waals surface area contributed by atoms with Gasteiger partial charge in [-0.05, 0) is 66.6 Å². The number of ether oxygens (including phenoxy) is 1. The molecular weight excluding hydrogens is 518 g/mol. The number of anilines is 1. The predicted molar refractivity (Wildman–Crippen MR) is 152 cm³/mol. The van der Waals surface area contributed by atoms with Gasteiger partial charge in [-0.25, -0.2) is 8.42 Å². The third-order valence-electron chi connectivity index (χ3n) is 6.45. The quantitative estimate of drug-likeness (QED) is 0.225. The van der Waals surface area contributed by atoms with Gasteiger partial charge < -0.3 is 14.6 Å². The normalized spacial score (nSPS) is 11.4. The van der Waals surface area contributed by atoms with Gasteiger partial charge in [-0.2, -0.15) is 0 Å². The molecule has 4 aromatic rings. The summed E-state index contributed by atoms with van der Waals surface area (Å²) in [5, 5.41) is 11.9. The summed E-state index contributed by atoms with van der Waals surface area (Å²) in [4.78, 5) is 12.2. The molecule has 0 saturated carbocycles. The number of sulfonamides is 1. The highest BCUT2D eigenvalue weighted by Crippen LogP contribution is 2.37. The summed E-state index contributed by atoms with van der Waals surface area (Å²) in [5.41, 5.74) is 3.51. The van der Waals surface area contributed by atoms with E-state index in [0.717, 1.165) is 28.0 Å². The van der Waals surface area contributed by atoms with E-state index in [9.17, 15) is 18.3 Å². The van der Waals surface area contributed by atoms with Crippen LogP contribution >= 0.6 is 11.8 Å². The number of unbranched alkanes of at least 4 members (excludes halogenated alkanes) is 1. The first-order valence-electron chi connectivity index (χ1n) is 12.4. The van der Waals surface area contributed by atoms with Gasteiger partial charge in [0.1, 0.15) is 12.4 Å². The lowest BCUT2D eigenvalue weighted by molar-refractivity contribution is -0.307. The zero-order valence-corrected chi connectivity index (χ0v) is 23.3. The Hall–Kier alpha value is -3.49. The monoisotopic (exact) mass is 548 g/mol. The number of carboxylic acid groups (broad SMARTS) is 1. The number of nitrogens with zero attached hydrogens (tertiary/aromatic N) is 1. The van der Waals surface area contributed by atoms with Crippen molar-refractivity contribution in [2.45, 2.75) is 36.5 Å². The summed E-state index contributed by atoms with van der Waals surface area (Å²) in [6, 6.07) is 23.9. The molecule has 0 aromatic heterocycles. The van der Waals surface area contributed by atoms with E-state index in [1.54, 1.807) is 36.0 Å². The molecule has 0 spiro atoms. The fourth-order valence-corrected chi connectivity index (χ4v) is 6.67. The van der Waals surface area contributed by atoms with Crippen molar-refractivity contribution >= 4 is 44.2 Å². The number of hydrogen-bond donors (Lipinski definition) is 0. The van der Waals surface area contributed by atoms with Gasteiger partial charge in [0.2, 0.25) is 0 Å². The Morgan fingerprint density at radius 3 is 2.32 bits per heavy atom. The third kappa shape index (κ3) is 5.66. The molecule has 4 rings (SSSR count). The van der Waals surface area contributed by atoms with E-state index in [0.29, 0.717) is 29.4 Å². The minimum atomic E-state index is -3.99. The third-order valence-corrected chi connectivity index (χ3v) is 9.06. The molecule has 0 unspecified atom stereocenters. The summed E-state index contributed by atoms with van der Waals surface area (Å²) in [6.45, 7) is 3.69. The minimum Gasteiger partial charge on any atom is -0.546 e. The van der Waals surface area contributed by atoms with E-state index >= 15 is 0 Å². The van der Waals surface area contributed by atoms with Gasteiger partial charge in [0.15, 0.2) is 0 Å². The first-order chi connectivity index (χ1) is 18.3. The molecule has 0 aliphatic heterocycles. The molecule has 0 aliphatic rings. The largest absolute Gasteiger partial charge is 0.546 e. The molecule has 0 fully saturated rings. The second kappa shape index (κ2) is 11.9. The number of rotatable bonds is 11. The van der Waals surface area contributed by atoms with Crippen LogP contribution < -0.4 is 14.1 Å². The SMILES string of the molecule is CCCCN(c1cccc(-c2ccc(SC)cc2)c1C)S(=O)(=O)c1ccc(OCC(=O)[O-])c2ccccc12. The van der Waals surface area contributed by atoms with Gasteiger partial charge in [-0.3, -0.25) is 4.31 Å². The lowest BCUT2D eigenvalue weighted by Crippen LogP contribution is -2.33. The average molecular weight is 549 g/mol. The van der Waals surface area contributed by atoms with Gasteiger partial charge in [-0.15, -0.1) is 11.8 Å². The summed E-state index contributed by atoms with van der Waals surface area (Å²) in [7, 11) is -3.99. The zero-order chi connectivity index (χ0) is 27.3. The molecule has 0 bridgehead atoms. The van der Waals surface area contributed by atoms with Gasteiger partial charge in [0, 0.05) is 22.2 Å². The maximum absolute atomic E-state index is 14.3. The molecule has 6 nitrogen and oxygen atoms in total. The van der Waals surface area contributed by atoms with E-state index in [2.05, 4.69) is 24.3 Å². The van der Waals surface area contributed by atoms with Gasteiger partial charge in [0.05, 0.1) is 16.6 Å². The number of hydrogen-bond acceptors (Lipinski definition) is 6. The molecule has 0 atom stereocenters. The number of carboxylic acids is 1. The number of carbonyl (C=O) groups excluding carboxylic acids is 1. The Bertz CT molecular complexity index is 1550. The van der Waals surface area contributed by atoms with Crippen molar-refractivity contribution in [3.05, 3.63) is 84.4 Å². The van der Waals surface area contributed by atoms with E-state index in [1.165, 1.54) is 16.4 Å². The Morgan fingerprint density at radius 1 is 0.947 bits per heavy atom. The second-order valence-electron chi connectivity index (χ2n) is 8.88. The Morgan fingerprint density at radius 2 is 1.66 bits per heavy atom. The lowest BCUT2D eigenvalue weighted by atomic mass is 9.99. The summed E-state index contributed by atoms with van der Waals surface area (Å²) in [5.74, 6) is -1.06. The molecule has 4 aromatic carbocycles. The van der Waals surface area contributed by atoms with Crippen molar-refractivity contribution in [2.24, 2.45) is 0 Å². The number of fused-ring (bicyclic) bond motifs is 1. The van der Waals surface area contributed by atoms with E-state index in [1.807, 2.05) is 38.3 Å². The highest BCUT2D eigenvalue weighted by Gasteiger charge is 2.29. The van der Waals surface area contributed by atoms with Crippen LogP contribution in [-0.4, -0.2) is 33.8 Å². The first kappa shape index (κ1) is 27.5. The summed E-state index contributed by atoms with van der Waals surface area (Å²) >= 11 is 1.67. The Balaban J connectivity index is 1.84. The average Bonchev–Trinajstić information content (AvgIpc) is 2.92. The van der Waals surface area contributed by atoms with E-state index in [4.69, 9.17) is 4.74 Å². The standard InChI is InChI=1S/C30H31NO5S2/c1-4-5-19-31(27-12-8-11-24(21(27)2)22-13-15-23(37-3)16-14-22)38(34,35)29-18-17-28(36-20-30(32)33)25-9-6-7-10-26(25)29/h6-18H,4-5,19-20H2,1-3H3,(H,32,33)/p-1. The molecule has 0 heterocycles. The maximum Gasteiger partial charge on any atom is 0.264 e. The van der Waals surface area contributed by atoms with Gasteiger partial charge in [0.25, 0.3) is 10.0 Å². The fourth-order valence-electron chi connectivity index (χ4n) is 4.50. The van der Waals surface area contributed by atoms with Crippen LogP contribution in [0.15, 0.2) is 88.7 Å². The van der Waals surface area contributed by atoms with Crippen molar-refractivity contribution < 1.29 is 23.1 Å². The summed E-state index contributed by atoms with van der Waals surface area (Å²) < 4.78 is 35.5. The Kier molecular flexibility index (Phi) is 8.64. The lowest BCUT2D eigenvalue weighted by Gasteiger charge is -2.28. The molecule has 0 amide bonds. The van der Waals surface area contributed by atoms with Crippen LogP contribution in [0.3, 0.4) is 0 Å². The smallest absolute Gasteiger partial charge is 0.264 e. The van der Waals surface area contributed by atoms with Crippen molar-refractivity contribution in [3.63, 3.8) is 0 Å². The van der Waals surface area contributed by atoms with Crippen molar-refractivity contribution in [3.8, 4) is 16.9 Å². The molecule has 38 heavy (non-hydrogen) atoms. The number of thioether (sulfide) groups is 1. The summed E-state index contributed by atoms with van der Waals surface area (Å²) in [6.07, 6.45) is 3.55. The number of carbonyl (C=O) groups is 1. The molecule has 8 heteroatoms. The number of benzene rings is 4. The topological polar surface area (TPSA) is 86.7 Å². The van der Waals surface area contributed by atoms with E-state index < -0.39 is 22.6 Å². The minimum absolute atomic E-state index is 0.138. The zero-order valence-electron chi connectivity index (χ0n) is 21.6. The van der Waals surface area contributed by atoms with Crippen molar-refractivity contribution in [2.75, 3.05) is 23.7 Å². The maximum atomic E-state index is 14.3. The fraction of sp³-hybridized carbons (Fsp3) is 0.233. The van der Waals surface area contributed by atoms with Crippen LogP contribution in [0, 0.1) is 6.92 Å². The Labute approximate surface area is 228 Å².